The summed E-state index contributed by atoms with van der Waals surface area (Å²) in [6, 6.07) is 0. The van der Waals surface area contributed by atoms with Gasteiger partial charge in [-0.2, -0.15) is 0 Å². The summed E-state index contributed by atoms with van der Waals surface area (Å²) >= 11 is 0. The Bertz CT molecular complexity index is 125. The number of piperidine rings is 1. The van der Waals surface area contributed by atoms with Gasteiger partial charge < -0.3 is 4.90 Å². The van der Waals surface area contributed by atoms with Crippen LogP contribution in [0.4, 0.5) is 0 Å². The Morgan fingerprint density at radius 2 is 2.00 bits per heavy atom. The Morgan fingerprint density at radius 1 is 1.33 bits per heavy atom. The molecule has 0 amide bonds. The van der Waals surface area contributed by atoms with Gasteiger partial charge in [0.25, 0.3) is 0 Å². The van der Waals surface area contributed by atoms with E-state index in [1.807, 2.05) is 6.08 Å². The highest BCUT2D eigenvalue weighted by atomic mass is 15.1. The van der Waals surface area contributed by atoms with E-state index in [1.54, 1.807) is 0 Å². The van der Waals surface area contributed by atoms with Crippen molar-refractivity contribution in [1.29, 1.82) is 0 Å². The van der Waals surface area contributed by atoms with Gasteiger partial charge in [0.2, 0.25) is 0 Å². The summed E-state index contributed by atoms with van der Waals surface area (Å²) in [6.07, 6.45) is 7.44. The lowest BCUT2D eigenvalue weighted by Gasteiger charge is -2.28. The molecule has 1 nitrogen and oxygen atoms in total. The molecule has 0 saturated carbocycles. The fourth-order valence-electron chi connectivity index (χ4n) is 1.94. The molecule has 0 aromatic rings. The molecule has 70 valence electrons. The highest BCUT2D eigenvalue weighted by Crippen LogP contribution is 2.12. The zero-order chi connectivity index (χ0) is 8.81. The van der Waals surface area contributed by atoms with Crippen LogP contribution in [0.25, 0.3) is 0 Å². The number of hydrogen-bond acceptors (Lipinski definition) is 1. The smallest absolute Gasteiger partial charge is 0.000997 e. The largest absolute Gasteiger partial charge is 0.303 e. The van der Waals surface area contributed by atoms with Crippen LogP contribution in [0.15, 0.2) is 12.7 Å². The number of nitrogens with zero attached hydrogens (tertiary/aromatic N) is 1. The minimum Gasteiger partial charge on any atom is -0.303 e. The molecule has 0 spiro atoms. The third kappa shape index (κ3) is 3.40. The Labute approximate surface area is 76.5 Å². The first kappa shape index (κ1) is 9.79. The maximum absolute atomic E-state index is 3.78. The Balaban J connectivity index is 2.15. The van der Waals surface area contributed by atoms with Crippen molar-refractivity contribution in [2.75, 3.05) is 19.6 Å². The van der Waals surface area contributed by atoms with Gasteiger partial charge in [-0.05, 0) is 38.3 Å². The van der Waals surface area contributed by atoms with Crippen molar-refractivity contribution in [3.63, 3.8) is 0 Å². The molecule has 1 unspecified atom stereocenters. The van der Waals surface area contributed by atoms with E-state index in [-0.39, 0.29) is 0 Å². The van der Waals surface area contributed by atoms with Gasteiger partial charge in [-0.1, -0.05) is 19.4 Å². The molecule has 0 aliphatic carbocycles. The number of allylic oxidation sites excluding steroid dienone is 1. The normalized spacial score (nSPS) is 22.1. The van der Waals surface area contributed by atoms with Gasteiger partial charge in [0.05, 0.1) is 0 Å². The molecule has 1 rings (SSSR count). The fourth-order valence-corrected chi connectivity index (χ4v) is 1.94. The van der Waals surface area contributed by atoms with Crippen molar-refractivity contribution in [2.24, 2.45) is 5.92 Å². The Kier molecular flexibility index (Phi) is 4.37. The lowest BCUT2D eigenvalue weighted by Crippen LogP contribution is -2.33. The average molecular weight is 167 g/mol. The molecule has 0 N–H and O–H groups in total. The fraction of sp³-hybridized carbons (Fsp3) is 0.818. The van der Waals surface area contributed by atoms with Crippen molar-refractivity contribution in [3.8, 4) is 0 Å². The van der Waals surface area contributed by atoms with Crippen LogP contribution in [0.2, 0.25) is 0 Å². The molecule has 0 bridgehead atoms. The van der Waals surface area contributed by atoms with Crippen molar-refractivity contribution in [2.45, 2.75) is 32.6 Å². The maximum Gasteiger partial charge on any atom is 0.000997 e. The minimum atomic E-state index is 0.792. The average Bonchev–Trinajstić information content (AvgIpc) is 2.06. The van der Waals surface area contributed by atoms with Crippen LogP contribution in [0.3, 0.4) is 0 Å². The Hall–Kier alpha value is -0.300. The molecule has 1 aliphatic heterocycles. The van der Waals surface area contributed by atoms with Gasteiger partial charge in [-0.3, -0.25) is 0 Å². The standard InChI is InChI=1S/C11H21N/c1-3-7-11(2)10-12-8-5-4-6-9-12/h3,11H,1,4-10H2,2H3. The zero-order valence-corrected chi connectivity index (χ0v) is 8.26. The summed E-state index contributed by atoms with van der Waals surface area (Å²) in [5.41, 5.74) is 0. The van der Waals surface area contributed by atoms with E-state index in [4.69, 9.17) is 0 Å². The molecule has 1 fully saturated rings. The van der Waals surface area contributed by atoms with Gasteiger partial charge in [0.15, 0.2) is 0 Å². The second-order valence-electron chi connectivity index (χ2n) is 3.99. The monoisotopic (exact) mass is 167 g/mol. The molecule has 1 aliphatic rings. The molecule has 0 aromatic carbocycles. The van der Waals surface area contributed by atoms with E-state index >= 15 is 0 Å². The van der Waals surface area contributed by atoms with Crippen molar-refractivity contribution in [1.82, 2.24) is 4.90 Å². The minimum absolute atomic E-state index is 0.792. The van der Waals surface area contributed by atoms with Crippen LogP contribution < -0.4 is 0 Å². The van der Waals surface area contributed by atoms with Gasteiger partial charge in [0.1, 0.15) is 0 Å². The topological polar surface area (TPSA) is 3.24 Å². The first-order valence-electron chi connectivity index (χ1n) is 5.16. The molecule has 0 aromatic heterocycles. The summed E-state index contributed by atoms with van der Waals surface area (Å²) in [6.45, 7) is 10.0. The zero-order valence-electron chi connectivity index (χ0n) is 8.26. The molecule has 1 heteroatoms. The van der Waals surface area contributed by atoms with Gasteiger partial charge >= 0.3 is 0 Å². The highest BCUT2D eigenvalue weighted by molar-refractivity contribution is 4.74. The summed E-state index contributed by atoms with van der Waals surface area (Å²) < 4.78 is 0. The van der Waals surface area contributed by atoms with E-state index < -0.39 is 0 Å². The van der Waals surface area contributed by atoms with E-state index in [0.717, 1.165) is 12.3 Å². The van der Waals surface area contributed by atoms with Crippen LogP contribution in [0, 0.1) is 5.92 Å². The Morgan fingerprint density at radius 3 is 2.58 bits per heavy atom. The predicted octanol–water partition coefficient (Wildman–Crippen LogP) is 2.68. The highest BCUT2D eigenvalue weighted by Gasteiger charge is 2.11. The molecule has 1 heterocycles. The second kappa shape index (κ2) is 5.36. The van der Waals surface area contributed by atoms with Crippen LogP contribution in [-0.4, -0.2) is 24.5 Å². The SMILES string of the molecule is C=CCC(C)CN1CCCCC1. The molecule has 12 heavy (non-hydrogen) atoms. The van der Waals surface area contributed by atoms with Crippen LogP contribution in [0.1, 0.15) is 32.6 Å². The lowest BCUT2D eigenvalue weighted by atomic mass is 10.1. The molecular formula is C11H21N. The summed E-state index contributed by atoms with van der Waals surface area (Å²) in [4.78, 5) is 2.59. The summed E-state index contributed by atoms with van der Waals surface area (Å²) in [7, 11) is 0. The van der Waals surface area contributed by atoms with Gasteiger partial charge in [0, 0.05) is 6.54 Å². The van der Waals surface area contributed by atoms with Crippen LogP contribution in [0.5, 0.6) is 0 Å². The predicted molar refractivity (Wildman–Crippen MR) is 54.3 cm³/mol. The van der Waals surface area contributed by atoms with E-state index in [1.165, 1.54) is 38.9 Å². The summed E-state index contributed by atoms with van der Waals surface area (Å²) in [5.74, 6) is 0.792. The van der Waals surface area contributed by atoms with Gasteiger partial charge in [-0.15, -0.1) is 6.58 Å². The lowest BCUT2D eigenvalue weighted by molar-refractivity contribution is 0.201. The summed E-state index contributed by atoms with van der Waals surface area (Å²) in [5, 5.41) is 0. The third-order valence-corrected chi connectivity index (χ3v) is 2.59. The number of hydrogen-bond donors (Lipinski definition) is 0. The van der Waals surface area contributed by atoms with Crippen molar-refractivity contribution >= 4 is 0 Å². The molecule has 1 atom stereocenters. The maximum atomic E-state index is 3.78. The van der Waals surface area contributed by atoms with E-state index in [9.17, 15) is 0 Å². The number of likely N-dealkylation sites (tertiary alicyclic amines) is 1. The van der Waals surface area contributed by atoms with Gasteiger partial charge in [-0.25, -0.2) is 0 Å². The molecule has 1 saturated heterocycles. The third-order valence-electron chi connectivity index (χ3n) is 2.59. The van der Waals surface area contributed by atoms with Crippen LogP contribution >= 0.6 is 0 Å². The van der Waals surface area contributed by atoms with Crippen molar-refractivity contribution in [3.05, 3.63) is 12.7 Å². The second-order valence-corrected chi connectivity index (χ2v) is 3.99. The van der Waals surface area contributed by atoms with E-state index in [2.05, 4.69) is 18.4 Å². The first-order valence-corrected chi connectivity index (χ1v) is 5.16. The molecule has 0 radical (unpaired) electrons. The molecular weight excluding hydrogens is 146 g/mol. The van der Waals surface area contributed by atoms with Crippen molar-refractivity contribution < 1.29 is 0 Å². The van der Waals surface area contributed by atoms with E-state index in [0.29, 0.717) is 0 Å². The van der Waals surface area contributed by atoms with Crippen LogP contribution in [-0.2, 0) is 0 Å². The first-order chi connectivity index (χ1) is 5.83. The quantitative estimate of drug-likeness (QED) is 0.582. The number of rotatable bonds is 4.